The summed E-state index contributed by atoms with van der Waals surface area (Å²) in [5.41, 5.74) is 13.8. The van der Waals surface area contributed by atoms with Gasteiger partial charge in [-0.2, -0.15) is 0 Å². The maximum Gasteiger partial charge on any atom is 0.419 e. The largest absolute Gasteiger partial charge is 0.427 e. The summed E-state index contributed by atoms with van der Waals surface area (Å²) in [4.78, 5) is 62.7. The highest BCUT2D eigenvalue weighted by Gasteiger charge is 2.40. The lowest BCUT2D eigenvalue weighted by Gasteiger charge is -2.20. The number of rotatable bonds is 9. The maximum atomic E-state index is 13.4. The molecule has 39 heavy (non-hydrogen) atoms. The monoisotopic (exact) mass is 539 g/mol. The number of nitrogens with two attached hydrogens (primary N) is 2. The van der Waals surface area contributed by atoms with Crippen molar-refractivity contribution in [1.29, 1.82) is 0 Å². The zero-order valence-corrected chi connectivity index (χ0v) is 22.3. The quantitative estimate of drug-likeness (QED) is 0.161. The van der Waals surface area contributed by atoms with Crippen LogP contribution in [0.1, 0.15) is 64.2 Å². The highest BCUT2D eigenvalue weighted by molar-refractivity contribution is 6.09. The fraction of sp³-hybridized carbons (Fsp3) is 0.385. The second-order valence-corrected chi connectivity index (χ2v) is 8.96. The summed E-state index contributed by atoms with van der Waals surface area (Å²) in [6, 6.07) is 3.90. The molecule has 0 bridgehead atoms. The van der Waals surface area contributed by atoms with Crippen molar-refractivity contribution in [3.05, 3.63) is 52.3 Å². The molecule has 1 fully saturated rings. The number of hydrogen-bond acceptors (Lipinski definition) is 8. The van der Waals surface area contributed by atoms with Gasteiger partial charge in [-0.1, -0.05) is 6.07 Å². The second-order valence-electron chi connectivity index (χ2n) is 8.96. The van der Waals surface area contributed by atoms with Gasteiger partial charge in [0.05, 0.1) is 23.3 Å². The van der Waals surface area contributed by atoms with Crippen molar-refractivity contribution >= 4 is 41.7 Å². The van der Waals surface area contributed by atoms with Gasteiger partial charge in [0.25, 0.3) is 11.8 Å². The van der Waals surface area contributed by atoms with Gasteiger partial charge in [-0.25, -0.2) is 19.7 Å². The Morgan fingerprint density at radius 1 is 1.23 bits per heavy atom. The minimum atomic E-state index is -0.936. The summed E-state index contributed by atoms with van der Waals surface area (Å²) in [6.45, 7) is 6.60. The minimum absolute atomic E-state index is 0.175. The standard InChI is InChI=1S/C26H33N7O6/c1-5-29-23(34)17-7-6-14(2)20(10-17)32-22(31-12-27)21-15(3)19(11-30-21)24(35)33(18-8-9-18)26(37)39-13-38-25(36)16(4)28/h6-7,10-12,16,18,30H,5,8-9,13,28H2,1-4H3,(H,29,34)(H2,27,31,32). The molecule has 1 saturated carbocycles. The van der Waals surface area contributed by atoms with Gasteiger partial charge < -0.3 is 31.2 Å². The zero-order valence-electron chi connectivity index (χ0n) is 22.3. The van der Waals surface area contributed by atoms with E-state index in [1.54, 1.807) is 25.1 Å². The molecular formula is C26H33N7O6. The highest BCUT2D eigenvalue weighted by Crippen LogP contribution is 2.30. The molecule has 3 rings (SSSR count). The molecule has 3 amide bonds. The first-order chi connectivity index (χ1) is 18.6. The molecule has 2 aromatic rings. The summed E-state index contributed by atoms with van der Waals surface area (Å²) < 4.78 is 9.78. The number of amidine groups is 1. The van der Waals surface area contributed by atoms with Crippen molar-refractivity contribution in [2.24, 2.45) is 21.5 Å². The van der Waals surface area contributed by atoms with Gasteiger partial charge in [0.2, 0.25) is 6.79 Å². The third-order valence-electron chi connectivity index (χ3n) is 5.91. The van der Waals surface area contributed by atoms with E-state index in [4.69, 9.17) is 20.9 Å². The lowest BCUT2D eigenvalue weighted by atomic mass is 10.1. The van der Waals surface area contributed by atoms with Crippen molar-refractivity contribution in [3.63, 3.8) is 0 Å². The number of hydrogen-bond donors (Lipinski definition) is 4. The normalized spacial score (nSPS) is 14.1. The average Bonchev–Trinajstić information content (AvgIpc) is 3.65. The van der Waals surface area contributed by atoms with E-state index in [0.29, 0.717) is 41.9 Å². The lowest BCUT2D eigenvalue weighted by molar-refractivity contribution is -0.153. The summed E-state index contributed by atoms with van der Waals surface area (Å²) >= 11 is 0. The third-order valence-corrected chi connectivity index (χ3v) is 5.91. The Labute approximate surface area is 225 Å². The average molecular weight is 540 g/mol. The first-order valence-electron chi connectivity index (χ1n) is 12.4. The van der Waals surface area contributed by atoms with Gasteiger partial charge in [0, 0.05) is 24.3 Å². The molecule has 1 atom stereocenters. The number of benzene rings is 1. The van der Waals surface area contributed by atoms with Gasteiger partial charge in [-0.05, 0) is 63.8 Å². The smallest absolute Gasteiger partial charge is 0.419 e. The highest BCUT2D eigenvalue weighted by atomic mass is 16.7. The number of amides is 3. The van der Waals surface area contributed by atoms with Crippen LogP contribution < -0.4 is 16.8 Å². The number of aliphatic imine (C=N–C) groups is 2. The van der Waals surface area contributed by atoms with Crippen LogP contribution in [0.2, 0.25) is 0 Å². The number of aromatic nitrogens is 1. The molecular weight excluding hydrogens is 506 g/mol. The van der Waals surface area contributed by atoms with E-state index in [1.165, 1.54) is 13.1 Å². The molecule has 208 valence electrons. The van der Waals surface area contributed by atoms with Gasteiger partial charge in [-0.3, -0.25) is 14.4 Å². The summed E-state index contributed by atoms with van der Waals surface area (Å²) in [5.74, 6) is -1.39. The number of aryl methyl sites for hydroxylation is 1. The van der Waals surface area contributed by atoms with Crippen LogP contribution in [0, 0.1) is 13.8 Å². The lowest BCUT2D eigenvalue weighted by Crippen LogP contribution is -2.40. The summed E-state index contributed by atoms with van der Waals surface area (Å²) in [7, 11) is 0. The Morgan fingerprint density at radius 3 is 2.56 bits per heavy atom. The number of imide groups is 1. The Kier molecular flexibility index (Phi) is 9.55. The van der Waals surface area contributed by atoms with Crippen LogP contribution in [0.4, 0.5) is 10.5 Å². The number of carbonyl (C=O) groups is 4. The zero-order chi connectivity index (χ0) is 28.7. The molecule has 1 aromatic heterocycles. The van der Waals surface area contributed by atoms with Crippen LogP contribution >= 0.6 is 0 Å². The Bertz CT molecular complexity index is 1310. The van der Waals surface area contributed by atoms with Crippen molar-refractivity contribution in [1.82, 2.24) is 15.2 Å². The predicted molar refractivity (Wildman–Crippen MR) is 144 cm³/mol. The topological polar surface area (TPSA) is 195 Å². The van der Waals surface area contributed by atoms with E-state index in [0.717, 1.165) is 16.8 Å². The van der Waals surface area contributed by atoms with E-state index >= 15 is 0 Å². The SMILES string of the molecule is CCNC(=O)c1ccc(C)c(N=C(N=CN)c2[nH]cc(C(=O)N(C(=O)OCOC(=O)C(C)N)C3CC3)c2C)c1. The number of aromatic amines is 1. The van der Waals surface area contributed by atoms with Crippen LogP contribution in [-0.2, 0) is 14.3 Å². The number of esters is 1. The molecule has 1 aliphatic carbocycles. The minimum Gasteiger partial charge on any atom is -0.427 e. The van der Waals surface area contributed by atoms with Crippen LogP contribution in [0.5, 0.6) is 0 Å². The molecule has 1 heterocycles. The van der Waals surface area contributed by atoms with Crippen LogP contribution in [-0.4, -0.2) is 71.4 Å². The van der Waals surface area contributed by atoms with Crippen molar-refractivity contribution < 1.29 is 28.7 Å². The molecule has 1 unspecified atom stereocenters. The van der Waals surface area contributed by atoms with Gasteiger partial charge >= 0.3 is 12.1 Å². The van der Waals surface area contributed by atoms with Crippen LogP contribution in [0.15, 0.2) is 34.4 Å². The first kappa shape index (κ1) is 29.0. The number of nitrogens with one attached hydrogen (secondary N) is 2. The molecule has 13 heteroatoms. The fourth-order valence-electron chi connectivity index (χ4n) is 3.62. The van der Waals surface area contributed by atoms with Gasteiger partial charge in [0.1, 0.15) is 6.04 Å². The molecule has 0 radical (unpaired) electrons. The molecule has 0 saturated heterocycles. The first-order valence-corrected chi connectivity index (χ1v) is 12.4. The van der Waals surface area contributed by atoms with E-state index in [9.17, 15) is 19.2 Å². The summed E-state index contributed by atoms with van der Waals surface area (Å²) in [6.07, 6.45) is 2.84. The number of carbonyl (C=O) groups excluding carboxylic acids is 4. The number of nitrogens with zero attached hydrogens (tertiary/aromatic N) is 3. The van der Waals surface area contributed by atoms with E-state index in [-0.39, 0.29) is 23.3 Å². The van der Waals surface area contributed by atoms with Crippen molar-refractivity contribution in [2.45, 2.75) is 52.6 Å². The molecule has 0 aliphatic heterocycles. The van der Waals surface area contributed by atoms with Crippen LogP contribution in [0.25, 0.3) is 0 Å². The Balaban J connectivity index is 1.88. The fourth-order valence-corrected chi connectivity index (χ4v) is 3.62. The van der Waals surface area contributed by atoms with E-state index in [1.807, 2.05) is 13.8 Å². The van der Waals surface area contributed by atoms with E-state index < -0.39 is 30.8 Å². The third kappa shape index (κ3) is 7.08. The molecule has 13 nitrogen and oxygen atoms in total. The molecule has 1 aromatic carbocycles. The van der Waals surface area contributed by atoms with Crippen LogP contribution in [0.3, 0.4) is 0 Å². The number of H-pyrrole nitrogens is 1. The Morgan fingerprint density at radius 2 is 1.95 bits per heavy atom. The second kappa shape index (κ2) is 12.8. The van der Waals surface area contributed by atoms with E-state index in [2.05, 4.69) is 20.3 Å². The molecule has 1 aliphatic rings. The maximum absolute atomic E-state index is 13.4. The predicted octanol–water partition coefficient (Wildman–Crippen LogP) is 2.04. The molecule has 6 N–H and O–H groups in total. The van der Waals surface area contributed by atoms with Gasteiger partial charge in [0.15, 0.2) is 5.84 Å². The summed E-state index contributed by atoms with van der Waals surface area (Å²) in [5, 5.41) is 2.75. The Hall–Kier alpha value is -4.52. The van der Waals surface area contributed by atoms with Crippen molar-refractivity contribution in [3.8, 4) is 0 Å². The van der Waals surface area contributed by atoms with Gasteiger partial charge in [-0.15, -0.1) is 0 Å². The molecule has 0 spiro atoms. The van der Waals surface area contributed by atoms with Crippen molar-refractivity contribution in [2.75, 3.05) is 13.3 Å². The number of ether oxygens (including phenoxy) is 2.